The lowest BCUT2D eigenvalue weighted by molar-refractivity contribution is -0.115. The molecule has 4 aromatic rings. The highest BCUT2D eigenvalue weighted by molar-refractivity contribution is 7.91. The van der Waals surface area contributed by atoms with Gasteiger partial charge < -0.3 is 10.1 Å². The standard InChI is InChI=1S/C29H26FNO4S/c1-3-36(33,34)24-14-12-21(13-15-24)19-27(32)31-26-17-16-25(22-9-5-4-6-10-22)29(28(26)30)35-23-11-7-8-20(2)18-23/h4-18H,3,19H2,1-2H3,(H,31,32). The number of ether oxygens (including phenoxy) is 1. The van der Waals surface area contributed by atoms with Crippen LogP contribution >= 0.6 is 0 Å². The molecule has 36 heavy (non-hydrogen) atoms. The number of nitrogens with one attached hydrogen (secondary N) is 1. The molecule has 0 bridgehead atoms. The molecule has 7 heteroatoms. The third kappa shape index (κ3) is 5.80. The van der Waals surface area contributed by atoms with E-state index in [1.165, 1.54) is 18.2 Å². The van der Waals surface area contributed by atoms with Crippen LogP contribution in [0, 0.1) is 12.7 Å². The number of anilines is 1. The second-order valence-electron chi connectivity index (χ2n) is 8.36. The summed E-state index contributed by atoms with van der Waals surface area (Å²) in [5.41, 5.74) is 2.91. The molecule has 1 N–H and O–H groups in total. The van der Waals surface area contributed by atoms with Crippen molar-refractivity contribution in [3.8, 4) is 22.6 Å². The van der Waals surface area contributed by atoms with Crippen LogP contribution in [-0.4, -0.2) is 20.1 Å². The fourth-order valence-corrected chi connectivity index (χ4v) is 4.64. The molecule has 5 nitrogen and oxygen atoms in total. The molecule has 0 saturated carbocycles. The Bertz CT molecular complexity index is 1480. The average molecular weight is 504 g/mol. The molecular formula is C29H26FNO4S. The molecule has 1 amide bonds. The van der Waals surface area contributed by atoms with Gasteiger partial charge in [-0.3, -0.25) is 4.79 Å². The van der Waals surface area contributed by atoms with Gasteiger partial charge in [0.2, 0.25) is 5.91 Å². The first-order valence-electron chi connectivity index (χ1n) is 11.5. The maximum Gasteiger partial charge on any atom is 0.228 e. The summed E-state index contributed by atoms with van der Waals surface area (Å²) in [6.45, 7) is 3.49. The highest BCUT2D eigenvalue weighted by Gasteiger charge is 2.19. The molecule has 0 saturated heterocycles. The normalized spacial score (nSPS) is 11.2. The molecule has 0 unspecified atom stereocenters. The van der Waals surface area contributed by atoms with Crippen LogP contribution in [0.5, 0.6) is 11.5 Å². The summed E-state index contributed by atoms with van der Waals surface area (Å²) < 4.78 is 45.7. The van der Waals surface area contributed by atoms with Crippen molar-refractivity contribution in [1.29, 1.82) is 0 Å². The number of hydrogen-bond donors (Lipinski definition) is 1. The maximum atomic E-state index is 15.7. The summed E-state index contributed by atoms with van der Waals surface area (Å²) in [7, 11) is -3.32. The Labute approximate surface area is 210 Å². The number of hydrogen-bond acceptors (Lipinski definition) is 4. The van der Waals surface area contributed by atoms with E-state index in [1.807, 2.05) is 55.5 Å². The van der Waals surface area contributed by atoms with Crippen molar-refractivity contribution >= 4 is 21.4 Å². The van der Waals surface area contributed by atoms with Gasteiger partial charge >= 0.3 is 0 Å². The summed E-state index contributed by atoms with van der Waals surface area (Å²) in [6, 6.07) is 26.0. The van der Waals surface area contributed by atoms with E-state index >= 15 is 4.39 Å². The Morgan fingerprint density at radius 3 is 2.31 bits per heavy atom. The van der Waals surface area contributed by atoms with E-state index in [9.17, 15) is 13.2 Å². The maximum absolute atomic E-state index is 15.7. The van der Waals surface area contributed by atoms with Crippen LogP contribution < -0.4 is 10.1 Å². The SMILES string of the molecule is CCS(=O)(=O)c1ccc(CC(=O)Nc2ccc(-c3ccccc3)c(Oc3cccc(C)c3)c2F)cc1. The molecule has 0 aromatic heterocycles. The predicted octanol–water partition coefficient (Wildman–Crippen LogP) is 6.57. The minimum atomic E-state index is -3.32. The average Bonchev–Trinajstić information content (AvgIpc) is 2.87. The molecule has 184 valence electrons. The highest BCUT2D eigenvalue weighted by Crippen LogP contribution is 2.39. The molecule has 0 spiro atoms. The predicted molar refractivity (Wildman–Crippen MR) is 140 cm³/mol. The first kappa shape index (κ1) is 25.1. The Morgan fingerprint density at radius 1 is 0.917 bits per heavy atom. The van der Waals surface area contributed by atoms with E-state index in [-0.39, 0.29) is 28.5 Å². The van der Waals surface area contributed by atoms with Crippen LogP contribution in [-0.2, 0) is 21.1 Å². The van der Waals surface area contributed by atoms with E-state index < -0.39 is 21.6 Å². The summed E-state index contributed by atoms with van der Waals surface area (Å²) in [6.07, 6.45) is -0.0413. The molecule has 4 rings (SSSR count). The zero-order valence-electron chi connectivity index (χ0n) is 20.0. The summed E-state index contributed by atoms with van der Waals surface area (Å²) >= 11 is 0. The van der Waals surface area contributed by atoms with Crippen molar-refractivity contribution in [3.63, 3.8) is 0 Å². The molecule has 0 radical (unpaired) electrons. The monoisotopic (exact) mass is 503 g/mol. The number of benzene rings is 4. The molecule has 0 aliphatic rings. The van der Waals surface area contributed by atoms with Crippen LogP contribution in [0.3, 0.4) is 0 Å². The Hall–Kier alpha value is -3.97. The van der Waals surface area contributed by atoms with Crippen molar-refractivity contribution in [2.75, 3.05) is 11.1 Å². The quantitative estimate of drug-likeness (QED) is 0.295. The zero-order chi connectivity index (χ0) is 25.7. The van der Waals surface area contributed by atoms with Crippen molar-refractivity contribution < 1.29 is 22.3 Å². The van der Waals surface area contributed by atoms with E-state index in [1.54, 1.807) is 31.2 Å². The van der Waals surface area contributed by atoms with Gasteiger partial charge in [0.15, 0.2) is 21.4 Å². The number of aryl methyl sites for hydroxylation is 1. The van der Waals surface area contributed by atoms with Crippen LogP contribution in [0.2, 0.25) is 0 Å². The van der Waals surface area contributed by atoms with Crippen molar-refractivity contribution in [2.24, 2.45) is 0 Å². The molecular weight excluding hydrogens is 477 g/mol. The molecule has 0 aliphatic carbocycles. The lowest BCUT2D eigenvalue weighted by Gasteiger charge is -2.16. The summed E-state index contributed by atoms with van der Waals surface area (Å²) in [5, 5.41) is 2.62. The van der Waals surface area contributed by atoms with E-state index in [0.29, 0.717) is 16.9 Å². The minimum Gasteiger partial charge on any atom is -0.454 e. The van der Waals surface area contributed by atoms with Gasteiger partial charge in [-0.2, -0.15) is 0 Å². The first-order chi connectivity index (χ1) is 17.3. The highest BCUT2D eigenvalue weighted by atomic mass is 32.2. The van der Waals surface area contributed by atoms with Crippen molar-refractivity contribution in [2.45, 2.75) is 25.2 Å². The minimum absolute atomic E-state index is 0.00194. The number of amides is 1. The zero-order valence-corrected chi connectivity index (χ0v) is 20.8. The van der Waals surface area contributed by atoms with Crippen molar-refractivity contribution in [3.05, 3.63) is 108 Å². The second-order valence-corrected chi connectivity index (χ2v) is 10.6. The van der Waals surface area contributed by atoms with Gasteiger partial charge in [-0.1, -0.05) is 61.5 Å². The lowest BCUT2D eigenvalue weighted by atomic mass is 10.0. The van der Waals surface area contributed by atoms with Gasteiger partial charge in [0, 0.05) is 5.56 Å². The van der Waals surface area contributed by atoms with Crippen LogP contribution in [0.1, 0.15) is 18.1 Å². The molecule has 0 aliphatic heterocycles. The Balaban J connectivity index is 1.60. The van der Waals surface area contributed by atoms with Gasteiger partial charge in [0.05, 0.1) is 22.8 Å². The van der Waals surface area contributed by atoms with Crippen LogP contribution in [0.4, 0.5) is 10.1 Å². The van der Waals surface area contributed by atoms with E-state index in [4.69, 9.17) is 4.74 Å². The molecule has 4 aromatic carbocycles. The molecule has 0 atom stereocenters. The van der Waals surface area contributed by atoms with E-state index in [2.05, 4.69) is 5.32 Å². The lowest BCUT2D eigenvalue weighted by Crippen LogP contribution is -2.16. The number of carbonyl (C=O) groups excluding carboxylic acids is 1. The Morgan fingerprint density at radius 2 is 1.64 bits per heavy atom. The molecule has 0 fully saturated rings. The van der Waals surface area contributed by atoms with Gasteiger partial charge in [0.25, 0.3) is 0 Å². The molecule has 0 heterocycles. The fourth-order valence-electron chi connectivity index (χ4n) is 3.76. The van der Waals surface area contributed by atoms with Crippen LogP contribution in [0.25, 0.3) is 11.1 Å². The van der Waals surface area contributed by atoms with Gasteiger partial charge in [-0.25, -0.2) is 12.8 Å². The summed E-state index contributed by atoms with van der Waals surface area (Å²) in [5.74, 6) is -0.627. The van der Waals surface area contributed by atoms with E-state index in [0.717, 1.165) is 11.1 Å². The number of carbonyl (C=O) groups is 1. The largest absolute Gasteiger partial charge is 0.454 e. The third-order valence-electron chi connectivity index (χ3n) is 5.69. The van der Waals surface area contributed by atoms with Gasteiger partial charge in [-0.15, -0.1) is 0 Å². The van der Waals surface area contributed by atoms with Crippen LogP contribution in [0.15, 0.2) is 95.9 Å². The Kier molecular flexibility index (Phi) is 7.50. The van der Waals surface area contributed by atoms with Gasteiger partial charge in [0.1, 0.15) is 5.75 Å². The smallest absolute Gasteiger partial charge is 0.228 e. The number of sulfone groups is 1. The fraction of sp³-hybridized carbons (Fsp3) is 0.138. The first-order valence-corrected chi connectivity index (χ1v) is 13.2. The third-order valence-corrected chi connectivity index (χ3v) is 7.44. The van der Waals surface area contributed by atoms with Crippen molar-refractivity contribution in [1.82, 2.24) is 0 Å². The number of rotatable bonds is 8. The number of halogens is 1. The van der Waals surface area contributed by atoms with Gasteiger partial charge in [-0.05, 0) is 60.0 Å². The second kappa shape index (κ2) is 10.7. The summed E-state index contributed by atoms with van der Waals surface area (Å²) in [4.78, 5) is 12.9. The topological polar surface area (TPSA) is 72.5 Å².